The molecule has 0 bridgehead atoms. The highest BCUT2D eigenvalue weighted by Crippen LogP contribution is 2.29. The lowest BCUT2D eigenvalue weighted by atomic mass is 9.90. The Hall–Kier alpha value is -2.02. The average molecular weight is 233 g/mol. The summed E-state index contributed by atoms with van der Waals surface area (Å²) in [5.74, 6) is 0. The van der Waals surface area contributed by atoms with E-state index < -0.39 is 0 Å². The van der Waals surface area contributed by atoms with Gasteiger partial charge >= 0.3 is 0 Å². The standard InChI is InChI=1S/C17H15N/c1-2-8-14-15-11-10-12-6-4-5-7-13(12)17(15)18-16(14)9-3-1/h1-2,4-9,18H,3,10-11H2. The smallest absolute Gasteiger partial charge is 0.0500 e. The molecule has 2 aromatic rings. The first-order valence-corrected chi connectivity index (χ1v) is 6.59. The van der Waals surface area contributed by atoms with Gasteiger partial charge in [-0.1, -0.05) is 48.6 Å². The average Bonchev–Trinajstić information content (AvgIpc) is 2.61. The van der Waals surface area contributed by atoms with Gasteiger partial charge in [0.1, 0.15) is 0 Å². The second kappa shape index (κ2) is 3.74. The molecule has 0 aliphatic heterocycles. The van der Waals surface area contributed by atoms with Crippen molar-refractivity contribution in [2.45, 2.75) is 19.3 Å². The van der Waals surface area contributed by atoms with E-state index in [9.17, 15) is 0 Å². The minimum absolute atomic E-state index is 1.02. The number of aryl methyl sites for hydroxylation is 1. The highest BCUT2D eigenvalue weighted by atomic mass is 14.7. The molecule has 1 nitrogen and oxygen atoms in total. The van der Waals surface area contributed by atoms with Crippen LogP contribution in [0.4, 0.5) is 0 Å². The third-order valence-corrected chi connectivity index (χ3v) is 3.96. The normalized spacial score (nSPS) is 15.8. The summed E-state index contributed by atoms with van der Waals surface area (Å²) in [5.41, 5.74) is 5.69. The molecule has 18 heavy (non-hydrogen) atoms. The van der Waals surface area contributed by atoms with E-state index in [4.69, 9.17) is 0 Å². The van der Waals surface area contributed by atoms with E-state index in [1.54, 1.807) is 0 Å². The van der Waals surface area contributed by atoms with Crippen LogP contribution >= 0.6 is 0 Å². The van der Waals surface area contributed by atoms with Gasteiger partial charge in [0, 0.05) is 21.8 Å². The molecule has 0 radical (unpaired) electrons. The van der Waals surface area contributed by atoms with Crippen LogP contribution in [0.2, 0.25) is 0 Å². The number of allylic oxidation sites excluding steroid dienone is 2. The molecule has 1 heteroatoms. The number of benzene rings is 1. The Bertz CT molecular complexity index is 759. The molecule has 0 saturated heterocycles. The Balaban J connectivity index is 2.09. The third-order valence-electron chi connectivity index (χ3n) is 3.96. The van der Waals surface area contributed by atoms with E-state index >= 15 is 0 Å². The highest BCUT2D eigenvalue weighted by Gasteiger charge is 2.18. The molecule has 0 saturated carbocycles. The summed E-state index contributed by atoms with van der Waals surface area (Å²) in [4.78, 5) is 3.62. The fraction of sp³-hybridized carbons (Fsp3) is 0.176. The van der Waals surface area contributed by atoms with Crippen molar-refractivity contribution in [3.8, 4) is 11.3 Å². The van der Waals surface area contributed by atoms with E-state index in [1.807, 2.05) is 0 Å². The molecule has 2 aliphatic carbocycles. The van der Waals surface area contributed by atoms with Crippen molar-refractivity contribution < 1.29 is 0 Å². The van der Waals surface area contributed by atoms with Crippen LogP contribution in [-0.2, 0) is 12.8 Å². The number of hydrogen-bond donors (Lipinski definition) is 1. The fourth-order valence-corrected chi connectivity index (χ4v) is 3.09. The van der Waals surface area contributed by atoms with E-state index in [0.29, 0.717) is 0 Å². The maximum atomic E-state index is 3.62. The molecule has 0 atom stereocenters. The van der Waals surface area contributed by atoms with Crippen molar-refractivity contribution in [1.82, 2.24) is 4.98 Å². The van der Waals surface area contributed by atoms with Crippen molar-refractivity contribution in [1.29, 1.82) is 0 Å². The maximum Gasteiger partial charge on any atom is 0.0500 e. The van der Waals surface area contributed by atoms with Crippen LogP contribution in [0.1, 0.15) is 17.5 Å². The summed E-state index contributed by atoms with van der Waals surface area (Å²) >= 11 is 0. The first-order chi connectivity index (χ1) is 8.93. The van der Waals surface area contributed by atoms with Crippen molar-refractivity contribution in [2.75, 3.05) is 0 Å². The van der Waals surface area contributed by atoms with Gasteiger partial charge in [-0.15, -0.1) is 0 Å². The molecule has 1 N–H and O–H groups in total. The van der Waals surface area contributed by atoms with Crippen molar-refractivity contribution in [2.24, 2.45) is 0 Å². The Morgan fingerprint density at radius 3 is 3.00 bits per heavy atom. The summed E-state index contributed by atoms with van der Waals surface area (Å²) < 4.78 is 0. The van der Waals surface area contributed by atoms with Gasteiger partial charge in [0.15, 0.2) is 0 Å². The van der Waals surface area contributed by atoms with Crippen LogP contribution in [0, 0.1) is 0 Å². The zero-order valence-electron chi connectivity index (χ0n) is 10.2. The van der Waals surface area contributed by atoms with Gasteiger partial charge in [-0.25, -0.2) is 0 Å². The van der Waals surface area contributed by atoms with Crippen molar-refractivity contribution in [3.63, 3.8) is 0 Å². The molecule has 88 valence electrons. The second-order valence-corrected chi connectivity index (χ2v) is 5.00. The van der Waals surface area contributed by atoms with Crippen molar-refractivity contribution >= 4 is 12.2 Å². The lowest BCUT2D eigenvalue weighted by molar-refractivity contribution is 0.936. The summed E-state index contributed by atoms with van der Waals surface area (Å²) in [6.07, 6.45) is 12.2. The third kappa shape index (κ3) is 1.34. The zero-order valence-corrected chi connectivity index (χ0v) is 10.2. The van der Waals surface area contributed by atoms with Crippen molar-refractivity contribution in [3.05, 3.63) is 58.1 Å². The SMILES string of the molecule is C1=CCC=c2[nH]c3c(c2=C1)CCc1ccccc1-3. The number of aromatic amines is 1. The minimum Gasteiger partial charge on any atom is -0.355 e. The number of H-pyrrole nitrogens is 1. The molecular weight excluding hydrogens is 218 g/mol. The Labute approximate surface area is 106 Å². The van der Waals surface area contributed by atoms with Gasteiger partial charge in [-0.05, 0) is 30.4 Å². The predicted octanol–water partition coefficient (Wildman–Crippen LogP) is 2.30. The van der Waals surface area contributed by atoms with E-state index in [-0.39, 0.29) is 0 Å². The topological polar surface area (TPSA) is 15.8 Å². The maximum absolute atomic E-state index is 3.62. The van der Waals surface area contributed by atoms with Crippen LogP contribution < -0.4 is 10.6 Å². The Morgan fingerprint density at radius 1 is 1.06 bits per heavy atom. The van der Waals surface area contributed by atoms with E-state index in [1.165, 1.54) is 33.0 Å². The van der Waals surface area contributed by atoms with Crippen LogP contribution in [0.5, 0.6) is 0 Å². The first kappa shape index (κ1) is 9.95. The van der Waals surface area contributed by atoms with Gasteiger partial charge in [0.05, 0.1) is 0 Å². The second-order valence-electron chi connectivity index (χ2n) is 5.00. The fourth-order valence-electron chi connectivity index (χ4n) is 3.09. The molecular formula is C17H15N. The summed E-state index contributed by atoms with van der Waals surface area (Å²) in [6.45, 7) is 0. The Kier molecular flexibility index (Phi) is 2.07. The minimum atomic E-state index is 1.02. The molecule has 1 heterocycles. The van der Waals surface area contributed by atoms with E-state index in [0.717, 1.165) is 19.3 Å². The van der Waals surface area contributed by atoms with E-state index in [2.05, 4.69) is 53.6 Å². The van der Waals surface area contributed by atoms with Crippen LogP contribution in [0.25, 0.3) is 23.4 Å². The molecule has 1 aromatic heterocycles. The molecule has 0 unspecified atom stereocenters. The Morgan fingerprint density at radius 2 is 2.00 bits per heavy atom. The zero-order chi connectivity index (χ0) is 11.9. The van der Waals surface area contributed by atoms with Gasteiger partial charge < -0.3 is 4.98 Å². The summed E-state index contributed by atoms with van der Waals surface area (Å²) in [6, 6.07) is 8.75. The van der Waals surface area contributed by atoms with Gasteiger partial charge in [-0.2, -0.15) is 0 Å². The van der Waals surface area contributed by atoms with Crippen LogP contribution in [0.15, 0.2) is 36.4 Å². The number of nitrogens with one attached hydrogen (secondary N) is 1. The number of aromatic nitrogens is 1. The van der Waals surface area contributed by atoms with Gasteiger partial charge in [-0.3, -0.25) is 0 Å². The number of fused-ring (bicyclic) bond motifs is 5. The molecule has 2 aliphatic rings. The molecule has 4 rings (SSSR count). The quantitative estimate of drug-likeness (QED) is 0.718. The molecule has 1 aromatic carbocycles. The van der Waals surface area contributed by atoms with Gasteiger partial charge in [0.25, 0.3) is 0 Å². The van der Waals surface area contributed by atoms with Crippen LogP contribution in [0.3, 0.4) is 0 Å². The molecule has 0 spiro atoms. The predicted molar refractivity (Wildman–Crippen MR) is 75.6 cm³/mol. The molecule has 0 fully saturated rings. The number of rotatable bonds is 0. The summed E-state index contributed by atoms with van der Waals surface area (Å²) in [5, 5.41) is 2.69. The van der Waals surface area contributed by atoms with Gasteiger partial charge in [0.2, 0.25) is 0 Å². The number of hydrogen-bond acceptors (Lipinski definition) is 0. The lowest BCUT2D eigenvalue weighted by Gasteiger charge is -2.15. The van der Waals surface area contributed by atoms with Crippen LogP contribution in [-0.4, -0.2) is 4.98 Å². The summed E-state index contributed by atoms with van der Waals surface area (Å²) in [7, 11) is 0. The lowest BCUT2D eigenvalue weighted by Crippen LogP contribution is -2.24. The largest absolute Gasteiger partial charge is 0.355 e. The highest BCUT2D eigenvalue weighted by molar-refractivity contribution is 5.71. The monoisotopic (exact) mass is 233 g/mol. The molecule has 0 amide bonds. The first-order valence-electron chi connectivity index (χ1n) is 6.59.